The van der Waals surface area contributed by atoms with Gasteiger partial charge >= 0.3 is 0 Å². The van der Waals surface area contributed by atoms with Crippen LogP contribution in [0.15, 0.2) is 18.2 Å². The molecule has 0 radical (unpaired) electrons. The predicted octanol–water partition coefficient (Wildman–Crippen LogP) is 2.70. The van der Waals surface area contributed by atoms with E-state index in [0.29, 0.717) is 12.1 Å². The summed E-state index contributed by atoms with van der Waals surface area (Å²) in [6.07, 6.45) is 0.765. The van der Waals surface area contributed by atoms with Crippen LogP contribution in [0.4, 0.5) is 10.2 Å². The maximum absolute atomic E-state index is 13.0. The SMILES string of the molecule is Cc1cc(F)ccc1CCNc1c(C#N)c(C)nn1C. The standard InChI is InChI=1S/C15H17FN4/c1-10-8-13(16)5-4-12(10)6-7-18-15-14(9-17)11(2)19-20(15)3/h4-5,8,18H,6-7H2,1-3H3. The van der Waals surface area contributed by atoms with E-state index in [4.69, 9.17) is 5.26 Å². The molecule has 0 saturated heterocycles. The van der Waals surface area contributed by atoms with Gasteiger partial charge in [-0.25, -0.2) is 4.39 Å². The fraction of sp³-hybridized carbons (Fsp3) is 0.333. The molecule has 0 atom stereocenters. The second-order valence-corrected chi connectivity index (χ2v) is 4.79. The quantitative estimate of drug-likeness (QED) is 0.931. The van der Waals surface area contributed by atoms with Gasteiger partial charge in [-0.1, -0.05) is 6.07 Å². The van der Waals surface area contributed by atoms with Gasteiger partial charge in [0.15, 0.2) is 0 Å². The minimum Gasteiger partial charge on any atom is -0.369 e. The number of hydrogen-bond acceptors (Lipinski definition) is 3. The summed E-state index contributed by atoms with van der Waals surface area (Å²) in [6.45, 7) is 4.38. The molecule has 4 nitrogen and oxygen atoms in total. The Hall–Kier alpha value is -2.35. The highest BCUT2D eigenvalue weighted by Gasteiger charge is 2.12. The van der Waals surface area contributed by atoms with Crippen LogP contribution < -0.4 is 5.32 Å². The number of rotatable bonds is 4. The van der Waals surface area contributed by atoms with Gasteiger partial charge in [-0.2, -0.15) is 10.4 Å². The van der Waals surface area contributed by atoms with Gasteiger partial charge in [-0.05, 0) is 43.5 Å². The predicted molar refractivity (Wildman–Crippen MR) is 76.0 cm³/mol. The third-order valence-corrected chi connectivity index (χ3v) is 3.33. The Kier molecular flexibility index (Phi) is 4.04. The van der Waals surface area contributed by atoms with E-state index in [1.165, 1.54) is 12.1 Å². The highest BCUT2D eigenvalue weighted by Crippen LogP contribution is 2.17. The summed E-state index contributed by atoms with van der Waals surface area (Å²) < 4.78 is 14.7. The molecular formula is C15H17FN4. The number of benzene rings is 1. The van der Waals surface area contributed by atoms with Crippen LogP contribution in [0.2, 0.25) is 0 Å². The fourth-order valence-corrected chi connectivity index (χ4v) is 2.25. The van der Waals surface area contributed by atoms with E-state index in [2.05, 4.69) is 16.5 Å². The van der Waals surface area contributed by atoms with Gasteiger partial charge in [-0.3, -0.25) is 4.68 Å². The van der Waals surface area contributed by atoms with Crippen molar-refractivity contribution in [2.45, 2.75) is 20.3 Å². The third kappa shape index (κ3) is 2.80. The van der Waals surface area contributed by atoms with Crippen molar-refractivity contribution in [3.8, 4) is 6.07 Å². The Morgan fingerprint density at radius 3 is 2.80 bits per heavy atom. The Morgan fingerprint density at radius 2 is 2.15 bits per heavy atom. The zero-order valence-corrected chi connectivity index (χ0v) is 11.9. The van der Waals surface area contributed by atoms with Gasteiger partial charge < -0.3 is 5.32 Å². The van der Waals surface area contributed by atoms with Crippen molar-refractivity contribution < 1.29 is 4.39 Å². The Balaban J connectivity index is 2.05. The number of halogens is 1. The molecule has 1 aromatic carbocycles. The van der Waals surface area contributed by atoms with E-state index < -0.39 is 0 Å². The maximum Gasteiger partial charge on any atom is 0.142 e. The minimum absolute atomic E-state index is 0.215. The first-order chi connectivity index (χ1) is 9.52. The van der Waals surface area contributed by atoms with Crippen molar-refractivity contribution in [3.05, 3.63) is 46.4 Å². The number of anilines is 1. The summed E-state index contributed by atoms with van der Waals surface area (Å²) >= 11 is 0. The molecule has 1 aromatic heterocycles. The molecule has 0 spiro atoms. The zero-order valence-electron chi connectivity index (χ0n) is 11.9. The number of aromatic nitrogens is 2. The van der Waals surface area contributed by atoms with Gasteiger partial charge in [0.2, 0.25) is 0 Å². The topological polar surface area (TPSA) is 53.6 Å². The molecule has 0 bridgehead atoms. The number of nitrogens with one attached hydrogen (secondary N) is 1. The lowest BCUT2D eigenvalue weighted by Gasteiger charge is -2.09. The fourth-order valence-electron chi connectivity index (χ4n) is 2.25. The van der Waals surface area contributed by atoms with Crippen LogP contribution in [-0.4, -0.2) is 16.3 Å². The first-order valence-electron chi connectivity index (χ1n) is 6.45. The monoisotopic (exact) mass is 272 g/mol. The van der Waals surface area contributed by atoms with E-state index in [1.54, 1.807) is 17.8 Å². The molecule has 104 valence electrons. The lowest BCUT2D eigenvalue weighted by Crippen LogP contribution is -2.10. The van der Waals surface area contributed by atoms with Crippen molar-refractivity contribution in [2.75, 3.05) is 11.9 Å². The van der Waals surface area contributed by atoms with E-state index in [0.717, 1.165) is 29.1 Å². The Morgan fingerprint density at radius 1 is 1.40 bits per heavy atom. The van der Waals surface area contributed by atoms with Crippen molar-refractivity contribution in [1.29, 1.82) is 5.26 Å². The Labute approximate surface area is 117 Å². The second-order valence-electron chi connectivity index (χ2n) is 4.79. The van der Waals surface area contributed by atoms with E-state index in [-0.39, 0.29) is 5.82 Å². The van der Waals surface area contributed by atoms with Crippen molar-refractivity contribution in [2.24, 2.45) is 7.05 Å². The van der Waals surface area contributed by atoms with Gasteiger partial charge in [0.05, 0.1) is 5.69 Å². The van der Waals surface area contributed by atoms with Crippen LogP contribution in [0.3, 0.4) is 0 Å². The smallest absolute Gasteiger partial charge is 0.142 e. The summed E-state index contributed by atoms with van der Waals surface area (Å²) in [5.41, 5.74) is 3.32. The first-order valence-corrected chi connectivity index (χ1v) is 6.45. The van der Waals surface area contributed by atoms with Gasteiger partial charge in [0, 0.05) is 13.6 Å². The third-order valence-electron chi connectivity index (χ3n) is 3.33. The van der Waals surface area contributed by atoms with Crippen LogP contribution in [0.1, 0.15) is 22.4 Å². The molecule has 0 aliphatic rings. The number of aryl methyl sites for hydroxylation is 3. The molecule has 1 N–H and O–H groups in total. The highest BCUT2D eigenvalue weighted by molar-refractivity contribution is 5.55. The van der Waals surface area contributed by atoms with E-state index in [9.17, 15) is 4.39 Å². The second kappa shape index (κ2) is 5.74. The van der Waals surface area contributed by atoms with Gasteiger partial charge in [0.25, 0.3) is 0 Å². The summed E-state index contributed by atoms with van der Waals surface area (Å²) in [6, 6.07) is 6.96. The normalized spacial score (nSPS) is 10.3. The van der Waals surface area contributed by atoms with E-state index in [1.807, 2.05) is 13.8 Å². The van der Waals surface area contributed by atoms with Crippen LogP contribution in [-0.2, 0) is 13.5 Å². The van der Waals surface area contributed by atoms with Gasteiger partial charge in [-0.15, -0.1) is 0 Å². The molecule has 2 rings (SSSR count). The van der Waals surface area contributed by atoms with Crippen LogP contribution in [0.5, 0.6) is 0 Å². The summed E-state index contributed by atoms with van der Waals surface area (Å²) in [7, 11) is 1.80. The largest absolute Gasteiger partial charge is 0.369 e. The van der Waals surface area contributed by atoms with Gasteiger partial charge in [0.1, 0.15) is 23.3 Å². The maximum atomic E-state index is 13.0. The molecule has 20 heavy (non-hydrogen) atoms. The molecule has 0 amide bonds. The summed E-state index contributed by atoms with van der Waals surface area (Å²) in [5.74, 6) is 0.512. The highest BCUT2D eigenvalue weighted by atomic mass is 19.1. The zero-order chi connectivity index (χ0) is 14.7. The van der Waals surface area contributed by atoms with Crippen molar-refractivity contribution >= 4 is 5.82 Å². The summed E-state index contributed by atoms with van der Waals surface area (Å²) in [5, 5.41) is 16.6. The molecule has 0 unspecified atom stereocenters. The molecule has 0 fully saturated rings. The Bertz CT molecular complexity index is 667. The number of hydrogen-bond donors (Lipinski definition) is 1. The molecule has 0 saturated carbocycles. The lowest BCUT2D eigenvalue weighted by molar-refractivity contribution is 0.625. The average Bonchev–Trinajstić information content (AvgIpc) is 2.66. The molecule has 2 aromatic rings. The molecule has 0 aliphatic heterocycles. The van der Waals surface area contributed by atoms with Crippen LogP contribution >= 0.6 is 0 Å². The van der Waals surface area contributed by atoms with Crippen LogP contribution in [0.25, 0.3) is 0 Å². The summed E-state index contributed by atoms with van der Waals surface area (Å²) in [4.78, 5) is 0. The molecule has 0 aliphatic carbocycles. The number of nitriles is 1. The van der Waals surface area contributed by atoms with Crippen molar-refractivity contribution in [3.63, 3.8) is 0 Å². The van der Waals surface area contributed by atoms with E-state index >= 15 is 0 Å². The first kappa shape index (κ1) is 14.1. The average molecular weight is 272 g/mol. The lowest BCUT2D eigenvalue weighted by atomic mass is 10.1. The number of nitrogens with zero attached hydrogens (tertiary/aromatic N) is 3. The molecule has 1 heterocycles. The molecule has 5 heteroatoms. The minimum atomic E-state index is -0.215. The van der Waals surface area contributed by atoms with Crippen molar-refractivity contribution in [1.82, 2.24) is 9.78 Å². The molecular weight excluding hydrogens is 255 g/mol. The van der Waals surface area contributed by atoms with Crippen LogP contribution in [0, 0.1) is 31.0 Å².